The second-order valence-corrected chi connectivity index (χ2v) is 5.36. The first-order valence-electron chi connectivity index (χ1n) is 5.85. The Morgan fingerprint density at radius 1 is 1.50 bits per heavy atom. The van der Waals surface area contributed by atoms with Gasteiger partial charge in [0, 0.05) is 26.0 Å². The van der Waals surface area contributed by atoms with Crippen LogP contribution < -0.4 is 5.32 Å². The maximum atomic E-state index is 11.5. The molecule has 16 heavy (non-hydrogen) atoms. The molecule has 1 saturated carbocycles. The smallest absolute Gasteiger partial charge is 0.224 e. The van der Waals surface area contributed by atoms with Crippen LogP contribution >= 0.6 is 0 Å². The van der Waals surface area contributed by atoms with Crippen LogP contribution in [-0.2, 0) is 9.59 Å². The second kappa shape index (κ2) is 5.43. The third-order valence-corrected chi connectivity index (χ3v) is 3.08. The van der Waals surface area contributed by atoms with Gasteiger partial charge in [0.2, 0.25) is 5.91 Å². The van der Waals surface area contributed by atoms with E-state index in [1.165, 1.54) is 0 Å². The number of carbonyl (C=O) groups excluding carboxylic acids is 2. The van der Waals surface area contributed by atoms with E-state index in [2.05, 4.69) is 5.32 Å². The molecule has 0 spiro atoms. The summed E-state index contributed by atoms with van der Waals surface area (Å²) in [6.07, 6.45) is 2.56. The van der Waals surface area contributed by atoms with E-state index in [1.807, 2.05) is 13.8 Å². The fourth-order valence-electron chi connectivity index (χ4n) is 1.68. The summed E-state index contributed by atoms with van der Waals surface area (Å²) < 4.78 is 0. The van der Waals surface area contributed by atoms with Crippen molar-refractivity contribution in [1.29, 1.82) is 0 Å². The third-order valence-electron chi connectivity index (χ3n) is 3.08. The van der Waals surface area contributed by atoms with E-state index >= 15 is 0 Å². The Labute approximate surface area is 96.4 Å². The van der Waals surface area contributed by atoms with Crippen molar-refractivity contribution < 1.29 is 14.7 Å². The molecule has 4 nitrogen and oxygen atoms in total. The fraction of sp³-hybridized carbons (Fsp3) is 0.833. The Morgan fingerprint density at radius 3 is 2.62 bits per heavy atom. The molecule has 0 radical (unpaired) electrons. The highest BCUT2D eigenvalue weighted by atomic mass is 16.3. The molecule has 4 heteroatoms. The number of hydrogen-bond acceptors (Lipinski definition) is 3. The number of aliphatic hydroxyl groups excluding tert-OH is 1. The second-order valence-electron chi connectivity index (χ2n) is 5.36. The molecule has 1 fully saturated rings. The number of ketones is 1. The van der Waals surface area contributed by atoms with Gasteiger partial charge in [0.25, 0.3) is 0 Å². The quantitative estimate of drug-likeness (QED) is 0.662. The Bertz CT molecular complexity index is 265. The highest BCUT2D eigenvalue weighted by Gasteiger charge is 2.32. The summed E-state index contributed by atoms with van der Waals surface area (Å²) in [5.74, 6) is 0.0984. The summed E-state index contributed by atoms with van der Waals surface area (Å²) in [5.41, 5.74) is -0.0723. The zero-order valence-corrected chi connectivity index (χ0v) is 10.1. The predicted octanol–water partition coefficient (Wildman–Crippen LogP) is 0.880. The topological polar surface area (TPSA) is 66.4 Å². The average Bonchev–Trinajstić information content (AvgIpc) is 2.19. The summed E-state index contributed by atoms with van der Waals surface area (Å²) in [6, 6.07) is 0. The van der Waals surface area contributed by atoms with Gasteiger partial charge in [-0.25, -0.2) is 0 Å². The summed E-state index contributed by atoms with van der Waals surface area (Å²) in [7, 11) is 0. The Kier molecular flexibility index (Phi) is 4.47. The normalized spacial score (nSPS) is 17.1. The van der Waals surface area contributed by atoms with Crippen LogP contribution in [-0.4, -0.2) is 29.9 Å². The molecule has 0 heterocycles. The maximum absolute atomic E-state index is 11.5. The lowest BCUT2D eigenvalue weighted by Gasteiger charge is -2.24. The summed E-state index contributed by atoms with van der Waals surface area (Å²) in [6.45, 7) is 4.80. The van der Waals surface area contributed by atoms with Gasteiger partial charge < -0.3 is 10.4 Å². The summed E-state index contributed by atoms with van der Waals surface area (Å²) >= 11 is 0. The van der Waals surface area contributed by atoms with Gasteiger partial charge in [0.05, 0.1) is 5.92 Å². The molecule has 0 saturated heterocycles. The van der Waals surface area contributed by atoms with Crippen molar-refractivity contribution in [2.45, 2.75) is 39.5 Å². The molecule has 0 bridgehead atoms. The SMILES string of the molecule is CC(C)(CO)CCCNC(=O)C1CC(=O)C1. The monoisotopic (exact) mass is 227 g/mol. The molecule has 92 valence electrons. The first kappa shape index (κ1) is 13.2. The predicted molar refractivity (Wildman–Crippen MR) is 60.8 cm³/mol. The van der Waals surface area contributed by atoms with Gasteiger partial charge in [-0.05, 0) is 18.3 Å². The van der Waals surface area contributed by atoms with E-state index in [0.717, 1.165) is 12.8 Å². The summed E-state index contributed by atoms with van der Waals surface area (Å²) in [4.78, 5) is 22.2. The molecule has 2 N–H and O–H groups in total. The van der Waals surface area contributed by atoms with Crippen molar-refractivity contribution in [1.82, 2.24) is 5.32 Å². The number of hydrogen-bond donors (Lipinski definition) is 2. The first-order chi connectivity index (χ1) is 7.44. The lowest BCUT2D eigenvalue weighted by Crippen LogP contribution is -2.39. The van der Waals surface area contributed by atoms with Crippen LogP contribution in [0.2, 0.25) is 0 Å². The van der Waals surface area contributed by atoms with E-state index in [-0.39, 0.29) is 29.6 Å². The van der Waals surface area contributed by atoms with E-state index in [0.29, 0.717) is 19.4 Å². The molecular formula is C12H21NO3. The van der Waals surface area contributed by atoms with Crippen LogP contribution in [0.1, 0.15) is 39.5 Å². The zero-order valence-electron chi connectivity index (χ0n) is 10.1. The summed E-state index contributed by atoms with van der Waals surface area (Å²) in [5, 5.41) is 11.9. The van der Waals surface area contributed by atoms with Gasteiger partial charge in [-0.3, -0.25) is 9.59 Å². The highest BCUT2D eigenvalue weighted by Crippen LogP contribution is 2.23. The Hall–Kier alpha value is -0.900. The Balaban J connectivity index is 2.07. The van der Waals surface area contributed by atoms with Gasteiger partial charge in [-0.15, -0.1) is 0 Å². The average molecular weight is 227 g/mol. The third kappa shape index (κ3) is 3.93. The number of Topliss-reactive ketones (excluding diaryl/α,β-unsaturated/α-hetero) is 1. The number of amides is 1. The van der Waals surface area contributed by atoms with Crippen LogP contribution in [0.5, 0.6) is 0 Å². The van der Waals surface area contributed by atoms with Crippen molar-refractivity contribution in [3.05, 3.63) is 0 Å². The largest absolute Gasteiger partial charge is 0.396 e. The van der Waals surface area contributed by atoms with E-state index < -0.39 is 0 Å². The lowest BCUT2D eigenvalue weighted by molar-refractivity contribution is -0.137. The van der Waals surface area contributed by atoms with Gasteiger partial charge in [-0.2, -0.15) is 0 Å². The fourth-order valence-corrected chi connectivity index (χ4v) is 1.68. The van der Waals surface area contributed by atoms with Crippen LogP contribution in [0, 0.1) is 11.3 Å². The Morgan fingerprint density at radius 2 is 2.12 bits per heavy atom. The van der Waals surface area contributed by atoms with Crippen molar-refractivity contribution in [3.8, 4) is 0 Å². The van der Waals surface area contributed by atoms with Crippen LogP contribution in [0.25, 0.3) is 0 Å². The maximum Gasteiger partial charge on any atom is 0.224 e. The molecule has 0 atom stereocenters. The zero-order chi connectivity index (χ0) is 12.2. The molecule has 0 aliphatic heterocycles. The van der Waals surface area contributed by atoms with Crippen molar-refractivity contribution >= 4 is 11.7 Å². The number of carbonyl (C=O) groups is 2. The number of rotatable bonds is 6. The van der Waals surface area contributed by atoms with Crippen LogP contribution in [0.4, 0.5) is 0 Å². The number of nitrogens with one attached hydrogen (secondary N) is 1. The minimum atomic E-state index is -0.0849. The van der Waals surface area contributed by atoms with Crippen molar-refractivity contribution in [3.63, 3.8) is 0 Å². The molecule has 1 rings (SSSR count). The van der Waals surface area contributed by atoms with Crippen molar-refractivity contribution in [2.24, 2.45) is 11.3 Å². The van der Waals surface area contributed by atoms with Gasteiger partial charge in [0.1, 0.15) is 5.78 Å². The molecule has 0 aromatic rings. The molecule has 1 aliphatic carbocycles. The van der Waals surface area contributed by atoms with E-state index in [4.69, 9.17) is 5.11 Å². The van der Waals surface area contributed by atoms with Crippen molar-refractivity contribution in [2.75, 3.05) is 13.2 Å². The standard InChI is InChI=1S/C12H21NO3/c1-12(2,8-14)4-3-5-13-11(16)9-6-10(15)7-9/h9,14H,3-8H2,1-2H3,(H,13,16). The van der Waals surface area contributed by atoms with Gasteiger partial charge in [-0.1, -0.05) is 13.8 Å². The van der Waals surface area contributed by atoms with E-state index in [1.54, 1.807) is 0 Å². The van der Waals surface area contributed by atoms with Crippen LogP contribution in [0.3, 0.4) is 0 Å². The highest BCUT2D eigenvalue weighted by molar-refractivity contribution is 5.96. The molecule has 0 unspecified atom stereocenters. The lowest BCUT2D eigenvalue weighted by atomic mass is 9.83. The number of aliphatic hydroxyl groups is 1. The molecule has 1 amide bonds. The van der Waals surface area contributed by atoms with Gasteiger partial charge in [0.15, 0.2) is 0 Å². The van der Waals surface area contributed by atoms with E-state index in [9.17, 15) is 9.59 Å². The van der Waals surface area contributed by atoms with Gasteiger partial charge >= 0.3 is 0 Å². The van der Waals surface area contributed by atoms with Crippen LogP contribution in [0.15, 0.2) is 0 Å². The minimum absolute atomic E-state index is 0.00130. The minimum Gasteiger partial charge on any atom is -0.396 e. The molecular weight excluding hydrogens is 206 g/mol. The molecule has 0 aromatic carbocycles. The first-order valence-corrected chi connectivity index (χ1v) is 5.85. The molecule has 1 aliphatic rings. The molecule has 0 aromatic heterocycles.